The van der Waals surface area contributed by atoms with E-state index < -0.39 is 10.8 Å². The number of nitro groups is 1. The van der Waals surface area contributed by atoms with Gasteiger partial charge in [0.25, 0.3) is 11.6 Å². The third kappa shape index (κ3) is 4.38. The van der Waals surface area contributed by atoms with Gasteiger partial charge in [0.2, 0.25) is 5.91 Å². The first-order valence-corrected chi connectivity index (χ1v) is 9.14. The largest absolute Gasteiger partial charge is 0.506 e. The molecule has 1 fully saturated rings. The predicted molar refractivity (Wildman–Crippen MR) is 107 cm³/mol. The zero-order valence-electron chi connectivity index (χ0n) is 14.2. The van der Waals surface area contributed by atoms with Crippen LogP contribution in [0.4, 0.5) is 11.4 Å². The summed E-state index contributed by atoms with van der Waals surface area (Å²) in [7, 11) is 0. The number of aromatic hydroxyl groups is 1. The van der Waals surface area contributed by atoms with Crippen LogP contribution >= 0.6 is 24.0 Å². The minimum Gasteiger partial charge on any atom is -0.506 e. The number of non-ortho nitro benzene ring substituents is 1. The Morgan fingerprint density at radius 2 is 2.21 bits per heavy atom. The number of amides is 2. The number of furan rings is 1. The number of anilines is 1. The van der Waals surface area contributed by atoms with Gasteiger partial charge in [-0.25, -0.2) is 0 Å². The maximum Gasteiger partial charge on any atom is 0.271 e. The lowest BCUT2D eigenvalue weighted by atomic mass is 10.2. The van der Waals surface area contributed by atoms with Gasteiger partial charge in [-0.3, -0.25) is 24.6 Å². The second-order valence-corrected chi connectivity index (χ2v) is 7.28. The Labute approximate surface area is 168 Å². The number of thioether (sulfide) groups is 1. The molecular formula is C17H13N3O6S2. The van der Waals surface area contributed by atoms with Crippen molar-refractivity contribution in [3.8, 4) is 5.75 Å². The van der Waals surface area contributed by atoms with E-state index in [0.29, 0.717) is 15.0 Å². The van der Waals surface area contributed by atoms with E-state index in [4.69, 9.17) is 16.6 Å². The van der Waals surface area contributed by atoms with Gasteiger partial charge >= 0.3 is 0 Å². The van der Waals surface area contributed by atoms with Gasteiger partial charge in [-0.15, -0.1) is 0 Å². The molecule has 28 heavy (non-hydrogen) atoms. The number of phenolic OH excluding ortho intramolecular Hbond substituents is 1. The van der Waals surface area contributed by atoms with Crippen molar-refractivity contribution < 1.29 is 24.0 Å². The topological polar surface area (TPSA) is 126 Å². The fraction of sp³-hybridized carbons (Fsp3) is 0.118. The lowest BCUT2D eigenvalue weighted by molar-refractivity contribution is -0.384. The Balaban J connectivity index is 1.62. The third-order valence-electron chi connectivity index (χ3n) is 3.72. The van der Waals surface area contributed by atoms with Crippen LogP contribution in [0.15, 0.2) is 45.9 Å². The number of hydrogen-bond acceptors (Lipinski definition) is 8. The Morgan fingerprint density at radius 3 is 2.89 bits per heavy atom. The lowest BCUT2D eigenvalue weighted by Crippen LogP contribution is -2.31. The van der Waals surface area contributed by atoms with E-state index >= 15 is 0 Å². The molecule has 11 heteroatoms. The second-order valence-electron chi connectivity index (χ2n) is 5.61. The molecule has 3 rings (SSSR count). The number of carbonyl (C=O) groups excluding carboxylic acids is 2. The molecule has 2 amide bonds. The highest BCUT2D eigenvalue weighted by Crippen LogP contribution is 2.33. The number of hydrogen-bond donors (Lipinski definition) is 2. The van der Waals surface area contributed by atoms with Gasteiger partial charge in [0, 0.05) is 31.2 Å². The highest BCUT2D eigenvalue weighted by atomic mass is 32.2. The van der Waals surface area contributed by atoms with Gasteiger partial charge in [0.05, 0.1) is 21.8 Å². The number of rotatable bonds is 6. The molecule has 0 aliphatic carbocycles. The van der Waals surface area contributed by atoms with E-state index in [9.17, 15) is 24.8 Å². The molecule has 0 bridgehead atoms. The van der Waals surface area contributed by atoms with Crippen LogP contribution in [0.2, 0.25) is 0 Å². The number of nitrogens with zero attached hydrogens (tertiary/aromatic N) is 2. The van der Waals surface area contributed by atoms with Crippen LogP contribution in [0.1, 0.15) is 12.2 Å². The van der Waals surface area contributed by atoms with E-state index in [2.05, 4.69) is 5.32 Å². The van der Waals surface area contributed by atoms with Crippen LogP contribution in [0, 0.1) is 10.1 Å². The highest BCUT2D eigenvalue weighted by molar-refractivity contribution is 8.26. The molecule has 9 nitrogen and oxygen atoms in total. The van der Waals surface area contributed by atoms with Crippen molar-refractivity contribution in [3.05, 3.63) is 57.4 Å². The molecule has 144 valence electrons. The SMILES string of the molecule is O=C(CCN1C(=O)C(=Cc2ccco2)SC1=S)Nc1cc([N+](=O)[O-])ccc1O. The molecule has 1 aromatic heterocycles. The monoisotopic (exact) mass is 419 g/mol. The highest BCUT2D eigenvalue weighted by Gasteiger charge is 2.32. The number of phenols is 1. The molecule has 0 atom stereocenters. The average Bonchev–Trinajstić information content (AvgIpc) is 3.24. The average molecular weight is 419 g/mol. The summed E-state index contributed by atoms with van der Waals surface area (Å²) in [4.78, 5) is 36.4. The first kappa shape index (κ1) is 19.6. The quantitative estimate of drug-likeness (QED) is 0.240. The van der Waals surface area contributed by atoms with Gasteiger partial charge in [0.15, 0.2) is 0 Å². The summed E-state index contributed by atoms with van der Waals surface area (Å²) in [5, 5.41) is 22.9. The van der Waals surface area contributed by atoms with Crippen molar-refractivity contribution in [1.29, 1.82) is 0 Å². The molecule has 1 saturated heterocycles. The zero-order chi connectivity index (χ0) is 20.3. The minimum atomic E-state index is -0.638. The van der Waals surface area contributed by atoms with E-state index in [0.717, 1.165) is 30.0 Å². The number of nitrogens with one attached hydrogen (secondary N) is 1. The van der Waals surface area contributed by atoms with Crippen LogP contribution in [-0.4, -0.2) is 37.6 Å². The smallest absolute Gasteiger partial charge is 0.271 e. The molecule has 1 aliphatic rings. The molecule has 1 aromatic carbocycles. The molecule has 0 saturated carbocycles. The van der Waals surface area contributed by atoms with Crippen LogP contribution < -0.4 is 5.32 Å². The molecule has 2 aromatic rings. The van der Waals surface area contributed by atoms with Crippen molar-refractivity contribution in [3.63, 3.8) is 0 Å². The van der Waals surface area contributed by atoms with E-state index in [-0.39, 0.29) is 36.0 Å². The summed E-state index contributed by atoms with van der Waals surface area (Å²) >= 11 is 6.29. The minimum absolute atomic E-state index is 0.0294. The second kappa shape index (κ2) is 8.23. The normalized spacial score (nSPS) is 15.3. The van der Waals surface area contributed by atoms with Crippen LogP contribution in [0.25, 0.3) is 6.08 Å². The first-order valence-electron chi connectivity index (χ1n) is 7.91. The molecule has 2 heterocycles. The fourth-order valence-corrected chi connectivity index (χ4v) is 3.65. The van der Waals surface area contributed by atoms with Gasteiger partial charge < -0.3 is 14.8 Å². The number of nitro benzene ring substituents is 1. The fourth-order valence-electron chi connectivity index (χ4n) is 2.36. The first-order chi connectivity index (χ1) is 13.3. The Kier molecular flexibility index (Phi) is 5.76. The summed E-state index contributed by atoms with van der Waals surface area (Å²) in [6.45, 7) is 0.0294. The lowest BCUT2D eigenvalue weighted by Gasteiger charge is -2.14. The predicted octanol–water partition coefficient (Wildman–Crippen LogP) is 3.12. The summed E-state index contributed by atoms with van der Waals surface area (Å²) < 4.78 is 5.49. The Hall–Kier alpha value is -3.18. The maximum absolute atomic E-state index is 12.4. The Bertz CT molecular complexity index is 987. The van der Waals surface area contributed by atoms with E-state index in [1.807, 2.05) is 0 Å². The zero-order valence-corrected chi connectivity index (χ0v) is 15.8. The van der Waals surface area contributed by atoms with Crippen molar-refractivity contribution in [2.45, 2.75) is 6.42 Å². The summed E-state index contributed by atoms with van der Waals surface area (Å²) in [5.74, 6) is -0.650. The third-order valence-corrected chi connectivity index (χ3v) is 5.10. The molecule has 0 radical (unpaired) electrons. The maximum atomic E-state index is 12.4. The summed E-state index contributed by atoms with van der Waals surface area (Å²) in [6.07, 6.45) is 2.95. The Morgan fingerprint density at radius 1 is 1.43 bits per heavy atom. The van der Waals surface area contributed by atoms with E-state index in [1.54, 1.807) is 18.2 Å². The van der Waals surface area contributed by atoms with Crippen molar-refractivity contribution in [2.75, 3.05) is 11.9 Å². The van der Waals surface area contributed by atoms with Crippen molar-refractivity contribution >= 4 is 57.6 Å². The van der Waals surface area contributed by atoms with Crippen molar-refractivity contribution in [1.82, 2.24) is 4.90 Å². The van der Waals surface area contributed by atoms with Gasteiger partial charge in [-0.1, -0.05) is 24.0 Å². The number of thiocarbonyl (C=S) groups is 1. The molecule has 2 N–H and O–H groups in total. The van der Waals surface area contributed by atoms with Crippen LogP contribution in [0.5, 0.6) is 5.75 Å². The van der Waals surface area contributed by atoms with Crippen LogP contribution in [0.3, 0.4) is 0 Å². The summed E-state index contributed by atoms with van der Waals surface area (Å²) in [5.41, 5.74) is -0.351. The van der Waals surface area contributed by atoms with Crippen LogP contribution in [-0.2, 0) is 9.59 Å². The molecule has 0 unspecified atom stereocenters. The molecule has 1 aliphatic heterocycles. The van der Waals surface area contributed by atoms with E-state index in [1.165, 1.54) is 11.2 Å². The van der Waals surface area contributed by atoms with Gasteiger partial charge in [-0.05, 0) is 18.2 Å². The summed E-state index contributed by atoms with van der Waals surface area (Å²) in [6, 6.07) is 6.69. The van der Waals surface area contributed by atoms with Gasteiger partial charge in [-0.2, -0.15) is 0 Å². The van der Waals surface area contributed by atoms with Crippen molar-refractivity contribution in [2.24, 2.45) is 0 Å². The number of carbonyl (C=O) groups is 2. The standard InChI is InChI=1S/C17H13N3O6S2/c21-13-4-3-10(20(24)25)8-12(13)18-15(22)5-6-19-16(23)14(28-17(19)27)9-11-2-1-7-26-11/h1-4,7-9,21H,5-6H2,(H,18,22). The number of benzene rings is 1. The molecular weight excluding hydrogens is 406 g/mol. The molecule has 0 spiro atoms. The van der Waals surface area contributed by atoms with Gasteiger partial charge in [0.1, 0.15) is 15.8 Å².